The van der Waals surface area contributed by atoms with Gasteiger partial charge in [0.15, 0.2) is 22.5 Å². The molecule has 3 aromatic rings. The Hall–Kier alpha value is -3.07. The predicted octanol–water partition coefficient (Wildman–Crippen LogP) is 4.52. The minimum atomic E-state index is -0.133. The number of amides is 1. The number of hydrogen-bond acceptors (Lipinski definition) is 7. The summed E-state index contributed by atoms with van der Waals surface area (Å²) in [6.45, 7) is 8.37. The topological polar surface area (TPSA) is 91.2 Å². The normalized spacial score (nSPS) is 14.0. The van der Waals surface area contributed by atoms with Crippen molar-refractivity contribution in [1.29, 1.82) is 0 Å². The van der Waals surface area contributed by atoms with E-state index in [4.69, 9.17) is 9.47 Å². The molecule has 1 amide bonds. The second-order valence-corrected chi connectivity index (χ2v) is 9.47. The molecule has 0 radical (unpaired) electrons. The molecule has 0 spiro atoms. The van der Waals surface area contributed by atoms with Gasteiger partial charge in [0.05, 0.1) is 25.0 Å². The summed E-state index contributed by atoms with van der Waals surface area (Å²) in [7, 11) is 0. The third-order valence-electron chi connectivity index (χ3n) is 5.55. The Bertz CT molecular complexity index is 1100. The van der Waals surface area contributed by atoms with Crippen LogP contribution in [0.25, 0.3) is 11.4 Å². The number of pyridine rings is 1. The van der Waals surface area contributed by atoms with Crippen molar-refractivity contribution in [2.24, 2.45) is 5.92 Å². The molecule has 180 valence electrons. The van der Waals surface area contributed by atoms with Crippen LogP contribution in [0.5, 0.6) is 11.5 Å². The van der Waals surface area contributed by atoms with Crippen molar-refractivity contribution in [3.05, 3.63) is 48.3 Å². The predicted molar refractivity (Wildman–Crippen MR) is 132 cm³/mol. The number of fused-ring (bicyclic) bond motifs is 1. The van der Waals surface area contributed by atoms with E-state index in [1.54, 1.807) is 12.4 Å². The van der Waals surface area contributed by atoms with E-state index in [1.165, 1.54) is 11.8 Å². The molecule has 2 aromatic heterocycles. The van der Waals surface area contributed by atoms with Gasteiger partial charge in [0.1, 0.15) is 0 Å². The number of carbonyl (C=O) groups excluding carboxylic acids is 1. The van der Waals surface area contributed by atoms with E-state index >= 15 is 0 Å². The van der Waals surface area contributed by atoms with Gasteiger partial charge in [-0.3, -0.25) is 9.78 Å². The number of hydrogen-bond donors (Lipinski definition) is 1. The Morgan fingerprint density at radius 2 is 1.88 bits per heavy atom. The average Bonchev–Trinajstić information content (AvgIpc) is 3.09. The molecule has 0 saturated carbocycles. The fourth-order valence-electron chi connectivity index (χ4n) is 3.89. The summed E-state index contributed by atoms with van der Waals surface area (Å²) in [6.07, 6.45) is 5.28. The average molecular weight is 482 g/mol. The highest BCUT2D eigenvalue weighted by Gasteiger charge is 2.22. The first-order valence-corrected chi connectivity index (χ1v) is 12.7. The molecular weight excluding hydrogens is 450 g/mol. The van der Waals surface area contributed by atoms with Crippen LogP contribution in [0.15, 0.2) is 47.9 Å². The highest BCUT2D eigenvalue weighted by molar-refractivity contribution is 7.99. The summed E-state index contributed by atoms with van der Waals surface area (Å²) in [4.78, 5) is 17.0. The number of ether oxygens (including phenoxy) is 2. The van der Waals surface area contributed by atoms with Gasteiger partial charge in [0.2, 0.25) is 5.91 Å². The van der Waals surface area contributed by atoms with Crippen LogP contribution in [0.2, 0.25) is 0 Å². The summed E-state index contributed by atoms with van der Waals surface area (Å²) in [6, 6.07) is 9.62. The number of benzene rings is 1. The van der Waals surface area contributed by atoms with Gasteiger partial charge in [-0.2, -0.15) is 0 Å². The van der Waals surface area contributed by atoms with Crippen LogP contribution in [0.3, 0.4) is 0 Å². The van der Waals surface area contributed by atoms with Crippen molar-refractivity contribution in [1.82, 2.24) is 25.1 Å². The van der Waals surface area contributed by atoms with Crippen molar-refractivity contribution in [2.45, 2.75) is 51.4 Å². The van der Waals surface area contributed by atoms with Gasteiger partial charge < -0.3 is 19.4 Å². The Labute approximate surface area is 204 Å². The van der Waals surface area contributed by atoms with Gasteiger partial charge in [-0.15, -0.1) is 10.2 Å². The van der Waals surface area contributed by atoms with Crippen molar-refractivity contribution < 1.29 is 14.3 Å². The Balaban J connectivity index is 1.45. The van der Waals surface area contributed by atoms with Crippen molar-refractivity contribution >= 4 is 17.7 Å². The van der Waals surface area contributed by atoms with Gasteiger partial charge in [-0.05, 0) is 42.2 Å². The number of rotatable bonds is 9. The monoisotopic (exact) mass is 481 g/mol. The maximum absolute atomic E-state index is 12.9. The molecule has 8 nitrogen and oxygen atoms in total. The van der Waals surface area contributed by atoms with E-state index in [-0.39, 0.29) is 23.6 Å². The Morgan fingerprint density at radius 3 is 2.62 bits per heavy atom. The van der Waals surface area contributed by atoms with Crippen LogP contribution >= 0.6 is 11.8 Å². The van der Waals surface area contributed by atoms with Gasteiger partial charge in [0.25, 0.3) is 0 Å². The van der Waals surface area contributed by atoms with Crippen LogP contribution in [-0.2, 0) is 11.3 Å². The lowest BCUT2D eigenvalue weighted by Gasteiger charge is -2.24. The minimum Gasteiger partial charge on any atom is -0.490 e. The molecule has 0 aliphatic carbocycles. The second-order valence-electron chi connectivity index (χ2n) is 8.53. The summed E-state index contributed by atoms with van der Waals surface area (Å²) in [5.41, 5.74) is 1.97. The summed E-state index contributed by atoms with van der Waals surface area (Å²) < 4.78 is 13.6. The fraction of sp³-hybridized carbons (Fsp3) is 0.440. The van der Waals surface area contributed by atoms with Gasteiger partial charge in [0, 0.05) is 30.9 Å². The van der Waals surface area contributed by atoms with Crippen molar-refractivity contribution in [3.8, 4) is 22.9 Å². The number of carbonyl (C=O) groups is 1. The molecule has 1 atom stereocenters. The third kappa shape index (κ3) is 5.70. The molecule has 4 rings (SSSR count). The molecule has 34 heavy (non-hydrogen) atoms. The number of thioether (sulfide) groups is 1. The highest BCUT2D eigenvalue weighted by Crippen LogP contribution is 2.34. The van der Waals surface area contributed by atoms with Crippen LogP contribution in [0.4, 0.5) is 0 Å². The maximum Gasteiger partial charge on any atom is 0.230 e. The Morgan fingerprint density at radius 1 is 1.12 bits per heavy atom. The molecule has 1 aliphatic heterocycles. The lowest BCUT2D eigenvalue weighted by Crippen LogP contribution is -2.33. The first kappa shape index (κ1) is 24.1. The van der Waals surface area contributed by atoms with E-state index in [0.717, 1.165) is 53.0 Å². The van der Waals surface area contributed by atoms with Gasteiger partial charge >= 0.3 is 0 Å². The van der Waals surface area contributed by atoms with E-state index in [1.807, 2.05) is 30.3 Å². The molecular formula is C25H31N5O3S. The lowest BCUT2D eigenvalue weighted by atomic mass is 9.95. The van der Waals surface area contributed by atoms with Crippen LogP contribution < -0.4 is 14.8 Å². The van der Waals surface area contributed by atoms with E-state index in [2.05, 4.69) is 45.8 Å². The zero-order chi connectivity index (χ0) is 23.9. The van der Waals surface area contributed by atoms with Crippen molar-refractivity contribution in [3.63, 3.8) is 0 Å². The fourth-order valence-corrected chi connectivity index (χ4v) is 4.66. The molecule has 1 aliphatic rings. The van der Waals surface area contributed by atoms with E-state index in [9.17, 15) is 4.79 Å². The molecule has 1 N–H and O–H groups in total. The van der Waals surface area contributed by atoms with Crippen molar-refractivity contribution in [2.75, 3.05) is 19.0 Å². The Kier molecular flexibility index (Phi) is 8.05. The van der Waals surface area contributed by atoms with Crippen LogP contribution in [0.1, 0.15) is 45.2 Å². The summed E-state index contributed by atoms with van der Waals surface area (Å²) in [5.74, 6) is 2.70. The molecule has 3 heterocycles. The van der Waals surface area contributed by atoms with E-state index < -0.39 is 0 Å². The maximum atomic E-state index is 12.9. The minimum absolute atomic E-state index is 0.0488. The molecule has 9 heteroatoms. The smallest absolute Gasteiger partial charge is 0.230 e. The molecule has 0 saturated heterocycles. The van der Waals surface area contributed by atoms with Crippen LogP contribution in [-0.4, -0.2) is 44.6 Å². The SMILES string of the molecule is CCCn1c(SCC(=O)NC(c2ccc3c(c2)OCCCO3)C(C)C)nnc1-c1ccncc1. The zero-order valence-electron chi connectivity index (χ0n) is 19.9. The summed E-state index contributed by atoms with van der Waals surface area (Å²) >= 11 is 1.40. The zero-order valence-corrected chi connectivity index (χ0v) is 20.7. The van der Waals surface area contributed by atoms with Gasteiger partial charge in [-0.25, -0.2) is 0 Å². The third-order valence-corrected chi connectivity index (χ3v) is 6.52. The number of nitrogens with one attached hydrogen (secondary N) is 1. The second kappa shape index (κ2) is 11.4. The molecule has 1 unspecified atom stereocenters. The van der Waals surface area contributed by atoms with Crippen LogP contribution in [0, 0.1) is 5.92 Å². The molecule has 1 aromatic carbocycles. The number of nitrogens with zero attached hydrogens (tertiary/aromatic N) is 4. The largest absolute Gasteiger partial charge is 0.490 e. The standard InChI is InChI=1S/C25H31N5O3S/c1-4-12-30-24(18-8-10-26-11-9-18)28-29-25(30)34-16-22(31)27-23(17(2)3)19-6-7-20-21(15-19)33-14-5-13-32-20/h6-11,15,17,23H,4-5,12-14,16H2,1-3H3,(H,27,31). The highest BCUT2D eigenvalue weighted by atomic mass is 32.2. The molecule has 0 bridgehead atoms. The van der Waals surface area contributed by atoms with Gasteiger partial charge in [-0.1, -0.05) is 38.6 Å². The number of aromatic nitrogens is 4. The summed E-state index contributed by atoms with van der Waals surface area (Å²) in [5, 5.41) is 12.7. The lowest BCUT2D eigenvalue weighted by molar-refractivity contribution is -0.119. The first-order chi connectivity index (χ1) is 16.6. The quantitative estimate of drug-likeness (QED) is 0.449. The first-order valence-electron chi connectivity index (χ1n) is 11.7. The molecule has 0 fully saturated rings. The van der Waals surface area contributed by atoms with E-state index in [0.29, 0.717) is 13.2 Å².